The standard InChI is InChI=1S/C25H32N2O6S/c28-25(26-13-5-2-6-14-26)24-18-32-23-16-21(11-12-22(23)33-24)34(29,30)27(17-20-10-7-15-31-20)19-8-3-1-4-9-19/h7,10-12,15-16,19,24H,1-6,8-9,13-14,17-18H2/t24-/m1/s1. The van der Waals surface area contributed by atoms with Crippen LogP contribution in [0.2, 0.25) is 0 Å². The van der Waals surface area contributed by atoms with E-state index >= 15 is 0 Å². The number of carbonyl (C=O) groups excluding carboxylic acids is 1. The minimum absolute atomic E-state index is 0.0658. The summed E-state index contributed by atoms with van der Waals surface area (Å²) in [4.78, 5) is 14.8. The number of furan rings is 1. The Morgan fingerprint density at radius 1 is 1.00 bits per heavy atom. The molecule has 1 amide bonds. The van der Waals surface area contributed by atoms with Gasteiger partial charge in [-0.05, 0) is 56.4 Å². The van der Waals surface area contributed by atoms with Crippen molar-refractivity contribution in [2.24, 2.45) is 0 Å². The SMILES string of the molecule is O=C([C@H]1COc2cc(S(=O)(=O)N(Cc3ccco3)C3CCCCC3)ccc2O1)N1CCCCC1. The fourth-order valence-electron chi connectivity index (χ4n) is 5.12. The number of amides is 1. The van der Waals surface area contributed by atoms with Crippen LogP contribution in [-0.4, -0.2) is 55.4 Å². The normalized spacial score (nSPS) is 21.6. The van der Waals surface area contributed by atoms with E-state index in [1.807, 2.05) is 4.90 Å². The molecule has 1 aromatic carbocycles. The molecule has 5 rings (SSSR count). The van der Waals surface area contributed by atoms with Crippen molar-refractivity contribution in [3.8, 4) is 11.5 Å². The maximum atomic E-state index is 13.7. The molecule has 184 valence electrons. The number of benzene rings is 1. The van der Waals surface area contributed by atoms with E-state index < -0.39 is 16.1 Å². The molecular weight excluding hydrogens is 456 g/mol. The predicted octanol–water partition coefficient (Wildman–Crippen LogP) is 3.96. The van der Waals surface area contributed by atoms with Crippen molar-refractivity contribution in [3.63, 3.8) is 0 Å². The van der Waals surface area contributed by atoms with Crippen molar-refractivity contribution in [1.29, 1.82) is 0 Å². The number of nitrogens with zero attached hydrogens (tertiary/aromatic N) is 2. The van der Waals surface area contributed by atoms with E-state index in [9.17, 15) is 13.2 Å². The van der Waals surface area contributed by atoms with Gasteiger partial charge in [0.05, 0.1) is 17.7 Å². The summed E-state index contributed by atoms with van der Waals surface area (Å²) in [7, 11) is -3.79. The molecule has 34 heavy (non-hydrogen) atoms. The summed E-state index contributed by atoms with van der Waals surface area (Å²) < 4.78 is 46.3. The average molecular weight is 489 g/mol. The second kappa shape index (κ2) is 10.00. The molecule has 0 bridgehead atoms. The lowest BCUT2D eigenvalue weighted by Gasteiger charge is -2.34. The maximum absolute atomic E-state index is 13.7. The van der Waals surface area contributed by atoms with Crippen molar-refractivity contribution in [2.45, 2.75) is 75.0 Å². The lowest BCUT2D eigenvalue weighted by Crippen LogP contribution is -2.48. The van der Waals surface area contributed by atoms with Crippen molar-refractivity contribution in [2.75, 3.05) is 19.7 Å². The van der Waals surface area contributed by atoms with Crippen LogP contribution in [0.15, 0.2) is 45.9 Å². The number of hydrogen-bond donors (Lipinski definition) is 0. The van der Waals surface area contributed by atoms with Crippen molar-refractivity contribution < 1.29 is 27.1 Å². The highest BCUT2D eigenvalue weighted by Gasteiger charge is 2.36. The maximum Gasteiger partial charge on any atom is 0.267 e. The smallest absolute Gasteiger partial charge is 0.267 e. The zero-order valence-corrected chi connectivity index (χ0v) is 20.2. The minimum Gasteiger partial charge on any atom is -0.485 e. The van der Waals surface area contributed by atoms with E-state index in [4.69, 9.17) is 13.9 Å². The molecule has 1 saturated heterocycles. The highest BCUT2D eigenvalue weighted by Crippen LogP contribution is 2.37. The second-order valence-corrected chi connectivity index (χ2v) is 11.2. The molecule has 1 saturated carbocycles. The van der Waals surface area contributed by atoms with Gasteiger partial charge >= 0.3 is 0 Å². The van der Waals surface area contributed by atoms with Gasteiger partial charge in [0.25, 0.3) is 5.91 Å². The number of ether oxygens (including phenoxy) is 2. The van der Waals surface area contributed by atoms with Crippen LogP contribution in [0, 0.1) is 0 Å². The molecule has 2 aliphatic heterocycles. The number of piperidine rings is 1. The molecule has 0 spiro atoms. The van der Waals surface area contributed by atoms with Gasteiger partial charge in [-0.1, -0.05) is 19.3 Å². The molecule has 0 N–H and O–H groups in total. The van der Waals surface area contributed by atoms with Crippen LogP contribution < -0.4 is 9.47 Å². The third-order valence-corrected chi connectivity index (χ3v) is 8.89. The first-order valence-corrected chi connectivity index (χ1v) is 13.7. The van der Waals surface area contributed by atoms with E-state index in [1.165, 1.54) is 6.07 Å². The van der Waals surface area contributed by atoms with Gasteiger partial charge in [0, 0.05) is 25.2 Å². The average Bonchev–Trinajstić information content (AvgIpc) is 3.40. The summed E-state index contributed by atoms with van der Waals surface area (Å²) >= 11 is 0. The van der Waals surface area contributed by atoms with Gasteiger partial charge in [-0.15, -0.1) is 0 Å². The minimum atomic E-state index is -3.79. The van der Waals surface area contributed by atoms with Crippen LogP contribution in [0.3, 0.4) is 0 Å². The number of rotatable bonds is 6. The zero-order valence-electron chi connectivity index (χ0n) is 19.4. The van der Waals surface area contributed by atoms with E-state index in [0.717, 1.165) is 64.5 Å². The Morgan fingerprint density at radius 3 is 2.50 bits per heavy atom. The molecule has 2 fully saturated rings. The second-order valence-electron chi connectivity index (χ2n) is 9.33. The van der Waals surface area contributed by atoms with Crippen molar-refractivity contribution >= 4 is 15.9 Å². The van der Waals surface area contributed by atoms with E-state index in [2.05, 4.69) is 0 Å². The Morgan fingerprint density at radius 2 is 1.76 bits per heavy atom. The number of sulfonamides is 1. The van der Waals surface area contributed by atoms with Gasteiger partial charge in [0.2, 0.25) is 16.1 Å². The van der Waals surface area contributed by atoms with Crippen LogP contribution in [0.5, 0.6) is 11.5 Å². The van der Waals surface area contributed by atoms with Crippen molar-refractivity contribution in [3.05, 3.63) is 42.4 Å². The molecule has 0 radical (unpaired) electrons. The van der Waals surface area contributed by atoms with Crippen LogP contribution in [0.1, 0.15) is 57.1 Å². The first kappa shape index (κ1) is 23.2. The van der Waals surface area contributed by atoms with Gasteiger partial charge in [0.1, 0.15) is 12.4 Å². The fourth-order valence-corrected chi connectivity index (χ4v) is 6.79. The van der Waals surface area contributed by atoms with Gasteiger partial charge in [-0.3, -0.25) is 4.79 Å². The van der Waals surface area contributed by atoms with Gasteiger partial charge in [-0.2, -0.15) is 4.31 Å². The molecule has 1 atom stereocenters. The summed E-state index contributed by atoms with van der Waals surface area (Å²) in [6, 6.07) is 8.17. The number of fused-ring (bicyclic) bond motifs is 1. The number of carbonyl (C=O) groups is 1. The van der Waals surface area contributed by atoms with Crippen LogP contribution in [-0.2, 0) is 21.4 Å². The molecule has 1 aliphatic carbocycles. The Bertz CT molecular complexity index is 1090. The monoisotopic (exact) mass is 488 g/mol. The van der Waals surface area contributed by atoms with Crippen LogP contribution >= 0.6 is 0 Å². The fraction of sp³-hybridized carbons (Fsp3) is 0.560. The first-order valence-electron chi connectivity index (χ1n) is 12.3. The molecule has 1 aromatic heterocycles. The highest BCUT2D eigenvalue weighted by molar-refractivity contribution is 7.89. The topological polar surface area (TPSA) is 89.3 Å². The zero-order chi connectivity index (χ0) is 23.5. The molecular formula is C25H32N2O6S. The van der Waals surface area contributed by atoms with Crippen molar-refractivity contribution in [1.82, 2.24) is 9.21 Å². The molecule has 9 heteroatoms. The van der Waals surface area contributed by atoms with E-state index in [-0.39, 0.29) is 30.0 Å². The van der Waals surface area contributed by atoms with Crippen LogP contribution in [0.4, 0.5) is 0 Å². The summed E-state index contributed by atoms with van der Waals surface area (Å²) in [6.07, 6.45) is 8.86. The molecule has 0 unspecified atom stereocenters. The number of hydrogen-bond acceptors (Lipinski definition) is 6. The molecule has 3 aliphatic rings. The lowest BCUT2D eigenvalue weighted by molar-refractivity contribution is -0.142. The summed E-state index contributed by atoms with van der Waals surface area (Å²) in [5, 5.41) is 0. The number of likely N-dealkylation sites (tertiary alicyclic amines) is 1. The first-order chi connectivity index (χ1) is 16.5. The summed E-state index contributed by atoms with van der Waals surface area (Å²) in [5.41, 5.74) is 0. The van der Waals surface area contributed by atoms with Crippen LogP contribution in [0.25, 0.3) is 0 Å². The largest absolute Gasteiger partial charge is 0.485 e. The highest BCUT2D eigenvalue weighted by atomic mass is 32.2. The third-order valence-electron chi connectivity index (χ3n) is 7.00. The summed E-state index contributed by atoms with van der Waals surface area (Å²) in [6.45, 7) is 1.76. The Hall–Kier alpha value is -2.52. The molecule has 8 nitrogen and oxygen atoms in total. The van der Waals surface area contributed by atoms with Gasteiger partial charge < -0.3 is 18.8 Å². The van der Waals surface area contributed by atoms with Gasteiger partial charge in [-0.25, -0.2) is 8.42 Å². The predicted molar refractivity (Wildman–Crippen MR) is 125 cm³/mol. The third kappa shape index (κ3) is 4.81. The van der Waals surface area contributed by atoms with E-state index in [1.54, 1.807) is 34.8 Å². The Balaban J connectivity index is 1.36. The van der Waals surface area contributed by atoms with E-state index in [0.29, 0.717) is 17.3 Å². The van der Waals surface area contributed by atoms with Gasteiger partial charge in [0.15, 0.2) is 11.5 Å². The Kier molecular flexibility index (Phi) is 6.83. The Labute approximate surface area is 200 Å². The molecule has 3 heterocycles. The quantitative estimate of drug-likeness (QED) is 0.612. The lowest BCUT2D eigenvalue weighted by atomic mass is 9.95. The summed E-state index contributed by atoms with van der Waals surface area (Å²) in [5.74, 6) is 1.30. The molecule has 2 aromatic rings.